The van der Waals surface area contributed by atoms with Crippen molar-refractivity contribution in [2.75, 3.05) is 13.1 Å². The Balaban J connectivity index is 0.00000196. The zero-order chi connectivity index (χ0) is 17.4. The van der Waals surface area contributed by atoms with Gasteiger partial charge in [0.15, 0.2) is 0 Å². The van der Waals surface area contributed by atoms with Crippen LogP contribution >= 0.6 is 23.7 Å². The maximum absolute atomic E-state index is 13.1. The maximum atomic E-state index is 13.1. The van der Waals surface area contributed by atoms with Gasteiger partial charge in [-0.1, -0.05) is 12.1 Å². The van der Waals surface area contributed by atoms with Gasteiger partial charge in [0.1, 0.15) is 6.04 Å². The zero-order valence-corrected chi connectivity index (χ0v) is 16.3. The number of aromatic nitrogens is 1. The highest BCUT2D eigenvalue weighted by Gasteiger charge is 2.41. The van der Waals surface area contributed by atoms with E-state index in [-0.39, 0.29) is 35.8 Å². The van der Waals surface area contributed by atoms with Gasteiger partial charge in [0.2, 0.25) is 5.91 Å². The lowest BCUT2D eigenvalue weighted by Gasteiger charge is -2.42. The molecule has 0 aliphatic carbocycles. The van der Waals surface area contributed by atoms with Crippen molar-refractivity contribution in [3.05, 3.63) is 56.6 Å². The summed E-state index contributed by atoms with van der Waals surface area (Å²) in [5.74, 6) is 0.450. The predicted molar refractivity (Wildman–Crippen MR) is 106 cm³/mol. The number of nitrogens with one attached hydrogen (secondary N) is 2. The molecule has 2 N–H and O–H groups in total. The summed E-state index contributed by atoms with van der Waals surface area (Å²) in [5.41, 5.74) is 0.919. The second-order valence-electron chi connectivity index (χ2n) is 7.15. The van der Waals surface area contributed by atoms with Crippen molar-refractivity contribution < 1.29 is 4.79 Å². The predicted octanol–water partition coefficient (Wildman–Crippen LogP) is 2.33. The molecule has 0 unspecified atom stereocenters. The van der Waals surface area contributed by atoms with Crippen LogP contribution in [0.4, 0.5) is 0 Å². The highest BCUT2D eigenvalue weighted by molar-refractivity contribution is 7.09. The number of rotatable bonds is 4. The van der Waals surface area contributed by atoms with Gasteiger partial charge in [-0.25, -0.2) is 0 Å². The molecule has 0 saturated carbocycles. The fourth-order valence-electron chi connectivity index (χ4n) is 4.24. The number of fused-ring (bicyclic) bond motifs is 4. The van der Waals surface area contributed by atoms with Gasteiger partial charge in [-0.3, -0.25) is 14.2 Å². The Bertz CT molecular complexity index is 820. The van der Waals surface area contributed by atoms with Gasteiger partial charge >= 0.3 is 0 Å². The van der Waals surface area contributed by atoms with Crippen molar-refractivity contribution in [2.24, 2.45) is 5.92 Å². The minimum atomic E-state index is -0.418. The molecule has 2 aromatic rings. The summed E-state index contributed by atoms with van der Waals surface area (Å²) >= 11 is 1.70. The first-order chi connectivity index (χ1) is 12.1. The quantitative estimate of drug-likeness (QED) is 0.838. The number of hydrogen-bond donors (Lipinski definition) is 2. The number of carbonyl (C=O) groups excluding carboxylic acids is 1. The standard InChI is InChI=1S/C19H23N3O2S.ClH/c1-12(8-15-4-3-7-25-15)21-19(24)18-14-9-13(10-20-11-14)16-5-2-6-17(23)22(16)18;/h2-7,12-14,18,20H,8-11H2,1H3,(H,21,24);1H/t12-,13-,14+,18-;/m1./s1. The molecule has 2 aromatic heterocycles. The first-order valence-corrected chi connectivity index (χ1v) is 9.76. The van der Waals surface area contributed by atoms with Crippen LogP contribution in [-0.4, -0.2) is 29.6 Å². The Kier molecular flexibility index (Phi) is 5.85. The Labute approximate surface area is 163 Å². The van der Waals surface area contributed by atoms with E-state index in [2.05, 4.69) is 22.1 Å². The van der Waals surface area contributed by atoms with Crippen LogP contribution in [0.2, 0.25) is 0 Å². The lowest BCUT2D eigenvalue weighted by molar-refractivity contribution is -0.127. The molecular formula is C19H24ClN3O2S. The van der Waals surface area contributed by atoms with Crippen molar-refractivity contribution in [3.8, 4) is 0 Å². The van der Waals surface area contributed by atoms with Gasteiger partial charge in [-0.2, -0.15) is 0 Å². The van der Waals surface area contributed by atoms with Gasteiger partial charge in [0, 0.05) is 54.0 Å². The van der Waals surface area contributed by atoms with Crippen LogP contribution in [0.5, 0.6) is 0 Å². The lowest BCUT2D eigenvalue weighted by atomic mass is 9.79. The molecule has 4 atom stereocenters. The Hall–Kier alpha value is -1.63. The van der Waals surface area contributed by atoms with Crippen LogP contribution in [0.1, 0.15) is 35.9 Å². The van der Waals surface area contributed by atoms with E-state index in [4.69, 9.17) is 0 Å². The van der Waals surface area contributed by atoms with E-state index < -0.39 is 6.04 Å². The summed E-state index contributed by atoms with van der Waals surface area (Å²) in [6, 6.07) is 9.10. The van der Waals surface area contributed by atoms with Crippen LogP contribution in [0.15, 0.2) is 40.5 Å². The molecule has 4 rings (SSSR count). The van der Waals surface area contributed by atoms with E-state index in [0.717, 1.165) is 31.6 Å². The summed E-state index contributed by atoms with van der Waals surface area (Å²) < 4.78 is 1.74. The highest BCUT2D eigenvalue weighted by atomic mass is 35.5. The number of piperidine rings is 1. The second kappa shape index (κ2) is 7.94. The smallest absolute Gasteiger partial charge is 0.251 e. The number of halogens is 1. The number of thiophene rings is 1. The first-order valence-electron chi connectivity index (χ1n) is 8.88. The largest absolute Gasteiger partial charge is 0.351 e. The molecule has 1 fully saturated rings. The summed E-state index contributed by atoms with van der Waals surface area (Å²) in [5, 5.41) is 8.62. The molecular weight excluding hydrogens is 370 g/mol. The van der Waals surface area contributed by atoms with Crippen LogP contribution in [-0.2, 0) is 11.2 Å². The Morgan fingerprint density at radius 1 is 1.35 bits per heavy atom. The summed E-state index contributed by atoms with van der Waals surface area (Å²) in [4.78, 5) is 26.8. The molecule has 2 aliphatic rings. The molecule has 26 heavy (non-hydrogen) atoms. The normalized spacial score (nSPS) is 24.9. The summed E-state index contributed by atoms with van der Waals surface area (Å²) in [6.45, 7) is 3.69. The average Bonchev–Trinajstić information content (AvgIpc) is 3.09. The molecule has 0 radical (unpaired) electrons. The van der Waals surface area contributed by atoms with E-state index in [9.17, 15) is 9.59 Å². The van der Waals surface area contributed by atoms with E-state index in [1.54, 1.807) is 28.0 Å². The Morgan fingerprint density at radius 3 is 2.96 bits per heavy atom. The van der Waals surface area contributed by atoms with Gasteiger partial charge < -0.3 is 10.6 Å². The van der Waals surface area contributed by atoms with Crippen LogP contribution in [0.25, 0.3) is 0 Å². The number of nitrogens with zero attached hydrogens (tertiary/aromatic N) is 1. The van der Waals surface area contributed by atoms with E-state index in [1.165, 1.54) is 4.88 Å². The SMILES string of the molecule is C[C@H](Cc1cccs1)NC(=O)[C@H]1[C@@H]2CNC[C@@H](C2)c2cccc(=O)n21.Cl. The minimum Gasteiger partial charge on any atom is -0.351 e. The molecule has 2 bridgehead atoms. The third-order valence-corrected chi connectivity index (χ3v) is 6.19. The van der Waals surface area contributed by atoms with Gasteiger partial charge in [-0.15, -0.1) is 23.7 Å². The molecule has 1 amide bonds. The average molecular weight is 394 g/mol. The topological polar surface area (TPSA) is 63.1 Å². The minimum absolute atomic E-state index is 0. The fraction of sp³-hybridized carbons (Fsp3) is 0.474. The van der Waals surface area contributed by atoms with Crippen molar-refractivity contribution in [1.82, 2.24) is 15.2 Å². The number of pyridine rings is 1. The fourth-order valence-corrected chi connectivity index (χ4v) is 5.08. The van der Waals surface area contributed by atoms with E-state index >= 15 is 0 Å². The van der Waals surface area contributed by atoms with Crippen molar-refractivity contribution in [1.29, 1.82) is 0 Å². The first kappa shape index (κ1) is 19.1. The molecule has 1 saturated heterocycles. The van der Waals surface area contributed by atoms with Crippen LogP contribution < -0.4 is 16.2 Å². The zero-order valence-electron chi connectivity index (χ0n) is 14.7. The molecule has 5 nitrogen and oxygen atoms in total. The summed E-state index contributed by atoms with van der Waals surface area (Å²) in [7, 11) is 0. The van der Waals surface area contributed by atoms with Gasteiger partial charge in [0.05, 0.1) is 0 Å². The molecule has 7 heteroatoms. The number of carbonyl (C=O) groups is 1. The second-order valence-corrected chi connectivity index (χ2v) is 8.18. The van der Waals surface area contributed by atoms with Crippen molar-refractivity contribution >= 4 is 29.7 Å². The molecule has 0 spiro atoms. The van der Waals surface area contributed by atoms with Crippen molar-refractivity contribution in [3.63, 3.8) is 0 Å². The third-order valence-electron chi connectivity index (χ3n) is 5.29. The van der Waals surface area contributed by atoms with E-state index in [1.807, 2.05) is 19.1 Å². The molecule has 4 heterocycles. The maximum Gasteiger partial charge on any atom is 0.251 e. The Morgan fingerprint density at radius 2 is 2.19 bits per heavy atom. The molecule has 0 aromatic carbocycles. The monoisotopic (exact) mass is 393 g/mol. The van der Waals surface area contributed by atoms with Crippen molar-refractivity contribution in [2.45, 2.75) is 37.8 Å². The number of hydrogen-bond acceptors (Lipinski definition) is 4. The van der Waals surface area contributed by atoms with Gasteiger partial charge in [-0.05, 0) is 30.9 Å². The van der Waals surface area contributed by atoms with Crippen LogP contribution in [0, 0.1) is 5.92 Å². The van der Waals surface area contributed by atoms with Gasteiger partial charge in [0.25, 0.3) is 5.56 Å². The van der Waals surface area contributed by atoms with Crippen LogP contribution in [0.3, 0.4) is 0 Å². The molecule has 2 aliphatic heterocycles. The highest BCUT2D eigenvalue weighted by Crippen LogP contribution is 2.38. The number of amides is 1. The third kappa shape index (κ3) is 3.59. The molecule has 140 valence electrons. The van der Waals surface area contributed by atoms with E-state index in [0.29, 0.717) is 5.92 Å². The summed E-state index contributed by atoms with van der Waals surface area (Å²) in [6.07, 6.45) is 1.78. The lowest BCUT2D eigenvalue weighted by Crippen LogP contribution is -2.53.